The van der Waals surface area contributed by atoms with Crippen molar-refractivity contribution in [2.75, 3.05) is 33.9 Å². The van der Waals surface area contributed by atoms with Gasteiger partial charge in [0.15, 0.2) is 11.5 Å². The van der Waals surface area contributed by atoms with Crippen LogP contribution in [0.2, 0.25) is 0 Å². The molecule has 0 aliphatic carbocycles. The molecule has 0 N–H and O–H groups in total. The third-order valence-electron chi connectivity index (χ3n) is 7.37. The summed E-state index contributed by atoms with van der Waals surface area (Å²) < 4.78 is 25.8. The molecule has 0 atom stereocenters. The number of hydrogen-bond acceptors (Lipinski definition) is 7. The Morgan fingerprint density at radius 1 is 0.675 bits per heavy atom. The van der Waals surface area contributed by atoms with E-state index in [4.69, 9.17) is 18.9 Å². The number of aromatic nitrogens is 2. The summed E-state index contributed by atoms with van der Waals surface area (Å²) in [6, 6.07) is 18.4. The van der Waals surface area contributed by atoms with Crippen molar-refractivity contribution in [2.45, 2.75) is 32.6 Å². The molecule has 0 amide bonds. The van der Waals surface area contributed by atoms with Crippen LogP contribution in [0.3, 0.4) is 0 Å². The number of methoxy groups -OCH3 is 2. The monoisotopic (exact) mass is 545 g/mol. The van der Waals surface area contributed by atoms with Crippen LogP contribution in [0.4, 0.5) is 0 Å². The van der Waals surface area contributed by atoms with E-state index in [0.29, 0.717) is 28.8 Å². The molecule has 9 heteroatoms. The highest BCUT2D eigenvalue weighted by atomic mass is 16.5. The molecule has 210 valence electrons. The van der Waals surface area contributed by atoms with Gasteiger partial charge in [0.25, 0.3) is 11.1 Å². The predicted octanol–water partition coefficient (Wildman–Crippen LogP) is 3.97. The van der Waals surface area contributed by atoms with Crippen molar-refractivity contribution in [1.29, 1.82) is 0 Å². The molecule has 4 aromatic rings. The van der Waals surface area contributed by atoms with Crippen LogP contribution in [0.1, 0.15) is 24.0 Å². The summed E-state index contributed by atoms with van der Waals surface area (Å²) >= 11 is 0. The second-order valence-electron chi connectivity index (χ2n) is 9.92. The van der Waals surface area contributed by atoms with Crippen molar-refractivity contribution in [3.8, 4) is 23.0 Å². The number of benzene rings is 3. The molecule has 1 fully saturated rings. The number of hydrogen-bond donors (Lipinski definition) is 0. The number of fused-ring (bicyclic) bond motifs is 1. The highest BCUT2D eigenvalue weighted by Crippen LogP contribution is 2.32. The molecule has 40 heavy (non-hydrogen) atoms. The van der Waals surface area contributed by atoms with Gasteiger partial charge in [-0.05, 0) is 73.5 Å². The molecule has 0 unspecified atom stereocenters. The zero-order chi connectivity index (χ0) is 28.1. The fourth-order valence-electron chi connectivity index (χ4n) is 4.96. The molecular weight excluding hydrogens is 510 g/mol. The number of likely N-dealkylation sites (tertiary alicyclic amines) is 1. The van der Waals surface area contributed by atoms with Gasteiger partial charge in [-0.15, -0.1) is 0 Å². The van der Waals surface area contributed by atoms with Crippen LogP contribution in [0, 0.1) is 0 Å². The van der Waals surface area contributed by atoms with Crippen LogP contribution in [0.5, 0.6) is 23.0 Å². The van der Waals surface area contributed by atoms with Crippen LogP contribution in [0.15, 0.2) is 70.3 Å². The topological polar surface area (TPSA) is 84.2 Å². The van der Waals surface area contributed by atoms with E-state index in [1.807, 2.05) is 48.5 Å². The van der Waals surface area contributed by atoms with Crippen LogP contribution >= 0.6 is 0 Å². The number of ether oxygens (including phenoxy) is 4. The van der Waals surface area contributed by atoms with Gasteiger partial charge in [-0.3, -0.25) is 14.3 Å². The highest BCUT2D eigenvalue weighted by Gasteiger charge is 2.18. The summed E-state index contributed by atoms with van der Waals surface area (Å²) in [5, 5.41) is 0.609. The minimum absolute atomic E-state index is 0.229. The van der Waals surface area contributed by atoms with E-state index < -0.39 is 0 Å². The van der Waals surface area contributed by atoms with Crippen LogP contribution in [-0.4, -0.2) is 48.1 Å². The SMILES string of the molecule is COc1ccc(COc2cc3c(=O)n(C)n(CCN4CCCC4)c(=O)c3cc2OCc2ccc(OC)cc2)cc1. The van der Waals surface area contributed by atoms with E-state index in [-0.39, 0.29) is 24.3 Å². The molecule has 3 aromatic carbocycles. The maximum absolute atomic E-state index is 13.6. The molecule has 1 aliphatic rings. The largest absolute Gasteiger partial charge is 0.497 e. The molecular formula is C31H35N3O6. The molecule has 9 nitrogen and oxygen atoms in total. The van der Waals surface area contributed by atoms with Crippen molar-refractivity contribution in [3.63, 3.8) is 0 Å². The zero-order valence-corrected chi connectivity index (χ0v) is 23.2. The molecule has 0 spiro atoms. The standard InChI is InChI=1S/C31H35N3O6/c1-32-30(35)26-18-28(39-20-22-6-10-24(37-2)11-7-22)29(40-21-23-8-12-25(38-3)13-9-23)19-27(26)31(36)34(32)17-16-33-14-4-5-15-33/h6-13,18-19H,4-5,14-17,20-21H2,1-3H3. The van der Waals surface area contributed by atoms with Gasteiger partial charge in [0.2, 0.25) is 0 Å². The van der Waals surface area contributed by atoms with Gasteiger partial charge >= 0.3 is 0 Å². The van der Waals surface area contributed by atoms with Crippen molar-refractivity contribution >= 4 is 10.8 Å². The van der Waals surface area contributed by atoms with Gasteiger partial charge in [0, 0.05) is 13.6 Å². The zero-order valence-electron chi connectivity index (χ0n) is 23.2. The maximum atomic E-state index is 13.6. The van der Waals surface area contributed by atoms with Gasteiger partial charge in [-0.1, -0.05) is 24.3 Å². The average Bonchev–Trinajstić information content (AvgIpc) is 3.52. The highest BCUT2D eigenvalue weighted by molar-refractivity contribution is 5.84. The Labute approximate surface area is 233 Å². The summed E-state index contributed by atoms with van der Waals surface area (Å²) in [5.41, 5.74) is 1.36. The molecule has 1 aliphatic heterocycles. The smallest absolute Gasteiger partial charge is 0.273 e. The fourth-order valence-corrected chi connectivity index (χ4v) is 4.96. The lowest BCUT2D eigenvalue weighted by atomic mass is 10.1. The summed E-state index contributed by atoms with van der Waals surface area (Å²) in [6.45, 7) is 3.72. The first-order valence-corrected chi connectivity index (χ1v) is 13.5. The molecule has 0 bridgehead atoms. The van der Waals surface area contributed by atoms with Gasteiger partial charge < -0.3 is 23.8 Å². The van der Waals surface area contributed by atoms with E-state index in [2.05, 4.69) is 4.90 Å². The van der Waals surface area contributed by atoms with Crippen LogP contribution in [-0.2, 0) is 26.8 Å². The molecule has 0 saturated carbocycles. The Morgan fingerprint density at radius 2 is 1.15 bits per heavy atom. The van der Waals surface area contributed by atoms with Crippen molar-refractivity contribution in [2.24, 2.45) is 7.05 Å². The van der Waals surface area contributed by atoms with Crippen molar-refractivity contribution in [1.82, 2.24) is 14.3 Å². The first kappa shape index (κ1) is 27.3. The third kappa shape index (κ3) is 5.99. The molecule has 1 aromatic heterocycles. The molecule has 0 radical (unpaired) electrons. The Bertz CT molecular complexity index is 1570. The number of rotatable bonds is 11. The molecule has 1 saturated heterocycles. The Morgan fingerprint density at radius 3 is 1.62 bits per heavy atom. The lowest BCUT2D eigenvalue weighted by Crippen LogP contribution is -2.39. The van der Waals surface area contributed by atoms with Gasteiger partial charge in [0.05, 0.1) is 31.5 Å². The summed E-state index contributed by atoms with van der Waals surface area (Å²) in [4.78, 5) is 29.3. The van der Waals surface area contributed by atoms with E-state index >= 15 is 0 Å². The fraction of sp³-hybridized carbons (Fsp3) is 0.355. The van der Waals surface area contributed by atoms with E-state index in [0.717, 1.165) is 42.3 Å². The second-order valence-corrected chi connectivity index (χ2v) is 9.92. The van der Waals surface area contributed by atoms with Crippen molar-refractivity contribution in [3.05, 3.63) is 92.5 Å². The summed E-state index contributed by atoms with van der Waals surface area (Å²) in [7, 11) is 4.88. The lowest BCUT2D eigenvalue weighted by Gasteiger charge is -2.19. The summed E-state index contributed by atoms with van der Waals surface area (Å²) in [6.07, 6.45) is 2.33. The number of nitrogens with zero attached hydrogens (tertiary/aromatic N) is 3. The minimum atomic E-state index is -0.257. The van der Waals surface area contributed by atoms with Gasteiger partial charge in [-0.25, -0.2) is 4.68 Å². The first-order chi connectivity index (χ1) is 19.5. The average molecular weight is 546 g/mol. The lowest BCUT2D eigenvalue weighted by molar-refractivity contribution is 0.256. The van der Waals surface area contributed by atoms with Crippen LogP contribution in [0.25, 0.3) is 10.8 Å². The van der Waals surface area contributed by atoms with E-state index in [9.17, 15) is 9.59 Å². The Balaban J connectivity index is 1.48. The normalized spacial score (nSPS) is 13.5. The van der Waals surface area contributed by atoms with E-state index in [1.165, 1.54) is 22.2 Å². The third-order valence-corrected chi connectivity index (χ3v) is 7.37. The quantitative estimate of drug-likeness (QED) is 0.282. The van der Waals surface area contributed by atoms with Crippen molar-refractivity contribution < 1.29 is 18.9 Å². The molecule has 5 rings (SSSR count). The summed E-state index contributed by atoms with van der Waals surface area (Å²) in [5.74, 6) is 2.29. The minimum Gasteiger partial charge on any atom is -0.497 e. The van der Waals surface area contributed by atoms with Gasteiger partial charge in [0.1, 0.15) is 24.7 Å². The second kappa shape index (κ2) is 12.3. The Kier molecular flexibility index (Phi) is 8.40. The Hall–Kier alpha value is -4.24. The van der Waals surface area contributed by atoms with Gasteiger partial charge in [-0.2, -0.15) is 0 Å². The molecule has 2 heterocycles. The van der Waals surface area contributed by atoms with E-state index in [1.54, 1.807) is 33.4 Å². The maximum Gasteiger partial charge on any atom is 0.273 e. The predicted molar refractivity (Wildman–Crippen MR) is 154 cm³/mol. The van der Waals surface area contributed by atoms with Crippen LogP contribution < -0.4 is 30.1 Å². The first-order valence-electron chi connectivity index (χ1n) is 13.5.